The van der Waals surface area contributed by atoms with Crippen molar-refractivity contribution in [2.75, 3.05) is 23.4 Å². The van der Waals surface area contributed by atoms with Crippen molar-refractivity contribution >= 4 is 28.8 Å². The van der Waals surface area contributed by atoms with E-state index in [1.807, 2.05) is 6.07 Å². The highest BCUT2D eigenvalue weighted by molar-refractivity contribution is 6.46. The molecule has 0 radical (unpaired) electrons. The molecule has 0 spiro atoms. The molecule has 0 unspecified atom stereocenters. The van der Waals surface area contributed by atoms with Crippen LogP contribution in [-0.2, 0) is 9.59 Å². The van der Waals surface area contributed by atoms with Gasteiger partial charge in [0.05, 0.1) is 22.9 Å². The van der Waals surface area contributed by atoms with Gasteiger partial charge in [0.2, 0.25) is 0 Å². The average Bonchev–Trinajstić information content (AvgIpc) is 3.09. The average molecular weight is 441 g/mol. The number of carbonyl (C=O) groups is 2. The van der Waals surface area contributed by atoms with Gasteiger partial charge in [-0.25, -0.2) is 9.29 Å². The van der Waals surface area contributed by atoms with Gasteiger partial charge in [0.15, 0.2) is 11.5 Å². The number of hydrogen-bond acceptors (Lipinski definition) is 6. The van der Waals surface area contributed by atoms with Crippen LogP contribution in [0.5, 0.6) is 11.5 Å². The first kappa shape index (κ1) is 20.3. The molecule has 5 rings (SSSR count). The zero-order valence-electron chi connectivity index (χ0n) is 17.2. The Balaban J connectivity index is 1.57. The second-order valence-electron chi connectivity index (χ2n) is 7.34. The summed E-state index contributed by atoms with van der Waals surface area (Å²) >= 11 is 0. The molecular formula is C25H16FN3O4. The van der Waals surface area contributed by atoms with Gasteiger partial charge in [-0.3, -0.25) is 9.59 Å². The number of ether oxygens (including phenoxy) is 2. The summed E-state index contributed by atoms with van der Waals surface area (Å²) in [5.74, 6) is -0.472. The number of nitrogens with zero attached hydrogens (tertiary/aromatic N) is 2. The van der Waals surface area contributed by atoms with Crippen molar-refractivity contribution in [2.45, 2.75) is 0 Å². The molecule has 7 nitrogen and oxygen atoms in total. The number of nitrogens with one attached hydrogen (secondary N) is 1. The molecule has 2 aliphatic heterocycles. The van der Waals surface area contributed by atoms with E-state index in [1.165, 1.54) is 48.5 Å². The monoisotopic (exact) mass is 441 g/mol. The summed E-state index contributed by atoms with van der Waals surface area (Å²) in [6.07, 6.45) is 0. The normalized spacial score (nSPS) is 15.0. The van der Waals surface area contributed by atoms with E-state index in [4.69, 9.17) is 14.7 Å². The minimum absolute atomic E-state index is 0.0487. The highest BCUT2D eigenvalue weighted by Gasteiger charge is 2.40. The van der Waals surface area contributed by atoms with Crippen LogP contribution in [0, 0.1) is 17.1 Å². The minimum Gasteiger partial charge on any atom is -0.486 e. The summed E-state index contributed by atoms with van der Waals surface area (Å²) in [5.41, 5.74) is 1.80. The largest absolute Gasteiger partial charge is 0.486 e. The number of nitriles is 1. The van der Waals surface area contributed by atoms with Crippen LogP contribution in [0.2, 0.25) is 0 Å². The number of hydrogen-bond donors (Lipinski definition) is 1. The van der Waals surface area contributed by atoms with Gasteiger partial charge in [-0.1, -0.05) is 12.1 Å². The van der Waals surface area contributed by atoms with Crippen molar-refractivity contribution in [3.8, 4) is 17.6 Å². The highest BCUT2D eigenvalue weighted by atomic mass is 19.1. The van der Waals surface area contributed by atoms with Crippen molar-refractivity contribution in [1.29, 1.82) is 5.26 Å². The number of amides is 2. The van der Waals surface area contributed by atoms with Gasteiger partial charge in [0, 0.05) is 11.8 Å². The van der Waals surface area contributed by atoms with E-state index < -0.39 is 17.6 Å². The zero-order valence-corrected chi connectivity index (χ0v) is 17.2. The van der Waals surface area contributed by atoms with E-state index in [1.54, 1.807) is 18.2 Å². The molecule has 0 fully saturated rings. The first-order chi connectivity index (χ1) is 16.0. The third-order valence-electron chi connectivity index (χ3n) is 5.28. The van der Waals surface area contributed by atoms with Crippen LogP contribution in [-0.4, -0.2) is 25.0 Å². The molecule has 0 bridgehead atoms. The Bertz CT molecular complexity index is 1340. The zero-order chi connectivity index (χ0) is 22.9. The maximum atomic E-state index is 13.5. The summed E-state index contributed by atoms with van der Waals surface area (Å²) in [5, 5.41) is 12.1. The Labute approximate surface area is 188 Å². The Morgan fingerprint density at radius 1 is 0.879 bits per heavy atom. The molecule has 0 saturated carbocycles. The van der Waals surface area contributed by atoms with E-state index in [0.717, 1.165) is 4.90 Å². The lowest BCUT2D eigenvalue weighted by Gasteiger charge is -2.19. The lowest BCUT2D eigenvalue weighted by atomic mass is 10.0. The van der Waals surface area contributed by atoms with Crippen LogP contribution in [0.3, 0.4) is 0 Å². The molecular weight excluding hydrogens is 425 g/mol. The molecule has 8 heteroatoms. The van der Waals surface area contributed by atoms with E-state index in [9.17, 15) is 14.0 Å². The second-order valence-corrected chi connectivity index (χ2v) is 7.34. The number of fused-ring (bicyclic) bond motifs is 1. The van der Waals surface area contributed by atoms with E-state index in [2.05, 4.69) is 5.32 Å². The Morgan fingerprint density at radius 2 is 1.58 bits per heavy atom. The number of halogens is 1. The smallest absolute Gasteiger partial charge is 0.282 e. The first-order valence-electron chi connectivity index (χ1n) is 10.1. The van der Waals surface area contributed by atoms with Crippen LogP contribution < -0.4 is 19.7 Å². The van der Waals surface area contributed by atoms with Crippen LogP contribution >= 0.6 is 0 Å². The molecule has 33 heavy (non-hydrogen) atoms. The molecule has 2 aliphatic rings. The molecule has 162 valence electrons. The van der Waals surface area contributed by atoms with E-state index in [0.29, 0.717) is 47.2 Å². The van der Waals surface area contributed by atoms with Gasteiger partial charge in [0.1, 0.15) is 24.7 Å². The quantitative estimate of drug-likeness (QED) is 0.618. The fraction of sp³-hybridized carbons (Fsp3) is 0.0800. The van der Waals surface area contributed by atoms with E-state index >= 15 is 0 Å². The van der Waals surface area contributed by atoms with Crippen LogP contribution in [0.25, 0.3) is 5.57 Å². The summed E-state index contributed by atoms with van der Waals surface area (Å²) in [6, 6.07) is 18.6. The number of imide groups is 1. The summed E-state index contributed by atoms with van der Waals surface area (Å²) in [7, 11) is 0. The van der Waals surface area contributed by atoms with Crippen molar-refractivity contribution in [3.05, 3.63) is 89.4 Å². The Morgan fingerprint density at radius 3 is 2.27 bits per heavy atom. The standard InChI is InChI=1S/C25H16FN3O4/c26-17-5-3-16(4-6-17)22-23(28-18-7-10-20-21(13-18)33-12-11-32-20)25(31)29(24(22)30)19-8-1-15(14-27)2-9-19/h1-10,13,28H,11-12H2. The van der Waals surface area contributed by atoms with Crippen LogP contribution in [0.15, 0.2) is 72.4 Å². The second kappa shape index (κ2) is 8.13. The predicted octanol–water partition coefficient (Wildman–Crippen LogP) is 3.87. The third-order valence-corrected chi connectivity index (χ3v) is 5.28. The van der Waals surface area contributed by atoms with Gasteiger partial charge in [-0.05, 0) is 54.1 Å². The molecule has 0 atom stereocenters. The lowest BCUT2D eigenvalue weighted by Crippen LogP contribution is -2.32. The topological polar surface area (TPSA) is 91.7 Å². The van der Waals surface area contributed by atoms with Gasteiger partial charge in [-0.15, -0.1) is 0 Å². The predicted molar refractivity (Wildman–Crippen MR) is 118 cm³/mol. The number of rotatable bonds is 4. The molecule has 0 aliphatic carbocycles. The molecule has 0 saturated heterocycles. The SMILES string of the molecule is N#Cc1ccc(N2C(=O)C(Nc3ccc4c(c3)OCCO4)=C(c3ccc(F)cc3)C2=O)cc1. The van der Waals surface area contributed by atoms with Gasteiger partial charge in [0.25, 0.3) is 11.8 Å². The van der Waals surface area contributed by atoms with Crippen molar-refractivity contribution in [3.63, 3.8) is 0 Å². The summed E-state index contributed by atoms with van der Waals surface area (Å²) in [6.45, 7) is 0.857. The first-order valence-corrected chi connectivity index (χ1v) is 10.1. The fourth-order valence-corrected chi connectivity index (χ4v) is 3.72. The summed E-state index contributed by atoms with van der Waals surface area (Å²) < 4.78 is 24.7. The van der Waals surface area contributed by atoms with Crippen LogP contribution in [0.4, 0.5) is 15.8 Å². The maximum absolute atomic E-state index is 13.5. The van der Waals surface area contributed by atoms with Gasteiger partial charge >= 0.3 is 0 Å². The fourth-order valence-electron chi connectivity index (χ4n) is 3.72. The van der Waals surface area contributed by atoms with Gasteiger partial charge in [-0.2, -0.15) is 5.26 Å². The maximum Gasteiger partial charge on any atom is 0.282 e. The number of anilines is 2. The third kappa shape index (κ3) is 3.66. The molecule has 2 amide bonds. The summed E-state index contributed by atoms with van der Waals surface area (Å²) in [4.78, 5) is 27.8. The van der Waals surface area contributed by atoms with Crippen molar-refractivity contribution < 1.29 is 23.5 Å². The molecule has 3 aromatic rings. The van der Waals surface area contributed by atoms with Crippen molar-refractivity contribution in [1.82, 2.24) is 0 Å². The number of carbonyl (C=O) groups excluding carboxylic acids is 2. The van der Waals surface area contributed by atoms with E-state index in [-0.39, 0.29) is 11.3 Å². The molecule has 1 N–H and O–H groups in total. The molecule has 2 heterocycles. The lowest BCUT2D eigenvalue weighted by molar-refractivity contribution is -0.120. The molecule has 3 aromatic carbocycles. The highest BCUT2D eigenvalue weighted by Crippen LogP contribution is 2.37. The van der Waals surface area contributed by atoms with Crippen molar-refractivity contribution in [2.24, 2.45) is 0 Å². The van der Waals surface area contributed by atoms with Crippen LogP contribution in [0.1, 0.15) is 11.1 Å². The van der Waals surface area contributed by atoms with Gasteiger partial charge < -0.3 is 14.8 Å². The Kier molecular flexibility index (Phi) is 4.99. The molecule has 0 aromatic heterocycles. The number of benzene rings is 3. The minimum atomic E-state index is -0.570. The Hall–Kier alpha value is -4.64.